The summed E-state index contributed by atoms with van der Waals surface area (Å²) in [6.07, 6.45) is 0. The van der Waals surface area contributed by atoms with E-state index in [1.165, 1.54) is 6.07 Å². The van der Waals surface area contributed by atoms with Crippen LogP contribution in [0.1, 0.15) is 24.1 Å². The van der Waals surface area contributed by atoms with Gasteiger partial charge in [-0.1, -0.05) is 24.3 Å². The molecule has 0 heterocycles. The molecule has 1 atom stereocenters. The van der Waals surface area contributed by atoms with E-state index in [-0.39, 0.29) is 17.5 Å². The summed E-state index contributed by atoms with van der Waals surface area (Å²) in [5.74, 6) is 0.184. The van der Waals surface area contributed by atoms with Crippen molar-refractivity contribution in [3.8, 4) is 5.75 Å². The quantitative estimate of drug-likeness (QED) is 0.656. The average Bonchev–Trinajstić information content (AvgIpc) is 2.38. The van der Waals surface area contributed by atoms with Gasteiger partial charge in [0.1, 0.15) is 11.4 Å². The third-order valence-electron chi connectivity index (χ3n) is 3.13. The van der Waals surface area contributed by atoms with Crippen molar-refractivity contribution in [3.05, 3.63) is 63.7 Å². The molecule has 0 aliphatic carbocycles. The van der Waals surface area contributed by atoms with Crippen molar-refractivity contribution in [1.82, 2.24) is 0 Å². The normalized spacial score (nSPS) is 11.9. The number of nitro benzene ring substituents is 1. The molecule has 0 aliphatic heterocycles. The lowest BCUT2D eigenvalue weighted by Crippen LogP contribution is -2.08. The second kappa shape index (κ2) is 5.61. The average molecular weight is 272 g/mol. The van der Waals surface area contributed by atoms with Crippen molar-refractivity contribution in [2.75, 3.05) is 5.32 Å². The first kappa shape index (κ1) is 13.9. The van der Waals surface area contributed by atoms with Crippen molar-refractivity contribution < 1.29 is 10.0 Å². The van der Waals surface area contributed by atoms with Crippen LogP contribution in [0.2, 0.25) is 0 Å². The third kappa shape index (κ3) is 2.88. The fourth-order valence-corrected chi connectivity index (χ4v) is 2.09. The van der Waals surface area contributed by atoms with Crippen LogP contribution < -0.4 is 5.32 Å². The van der Waals surface area contributed by atoms with Crippen LogP contribution in [0.25, 0.3) is 0 Å². The van der Waals surface area contributed by atoms with Crippen LogP contribution in [-0.4, -0.2) is 10.0 Å². The maximum absolute atomic E-state index is 11.0. The molecule has 2 aromatic carbocycles. The summed E-state index contributed by atoms with van der Waals surface area (Å²) in [5.41, 5.74) is 2.12. The lowest BCUT2D eigenvalue weighted by Gasteiger charge is -2.17. The molecule has 104 valence electrons. The highest BCUT2D eigenvalue weighted by atomic mass is 16.6. The zero-order valence-electron chi connectivity index (χ0n) is 11.3. The highest BCUT2D eigenvalue weighted by molar-refractivity contribution is 5.62. The van der Waals surface area contributed by atoms with Crippen LogP contribution in [0.15, 0.2) is 42.5 Å². The second-order valence-corrected chi connectivity index (χ2v) is 4.70. The summed E-state index contributed by atoms with van der Waals surface area (Å²) >= 11 is 0. The van der Waals surface area contributed by atoms with E-state index in [0.717, 1.165) is 5.56 Å². The van der Waals surface area contributed by atoms with Gasteiger partial charge in [0.2, 0.25) is 0 Å². The molecule has 20 heavy (non-hydrogen) atoms. The van der Waals surface area contributed by atoms with Crippen molar-refractivity contribution in [2.24, 2.45) is 0 Å². The molecule has 5 heteroatoms. The number of phenolic OH excluding ortho intramolecular Hbond substituents is 1. The molecule has 0 spiro atoms. The number of nitrogens with one attached hydrogen (secondary N) is 1. The number of nitro groups is 1. The third-order valence-corrected chi connectivity index (χ3v) is 3.13. The minimum Gasteiger partial charge on any atom is -0.508 e. The number of anilines is 1. The number of benzene rings is 2. The second-order valence-electron chi connectivity index (χ2n) is 4.70. The van der Waals surface area contributed by atoms with Crippen LogP contribution in [-0.2, 0) is 0 Å². The van der Waals surface area contributed by atoms with Crippen LogP contribution >= 0.6 is 0 Å². The first-order valence-corrected chi connectivity index (χ1v) is 6.28. The van der Waals surface area contributed by atoms with Gasteiger partial charge in [-0.3, -0.25) is 10.1 Å². The smallest absolute Gasteiger partial charge is 0.292 e. The standard InChI is InChI=1S/C15H16N2O3/c1-10-7-8-12(15(18)9-10)11(2)16-13-5-3-4-6-14(13)17(19)20/h3-9,11,16,18H,1-2H3. The number of hydrogen-bond donors (Lipinski definition) is 2. The van der Waals surface area contributed by atoms with Gasteiger partial charge >= 0.3 is 0 Å². The molecule has 0 radical (unpaired) electrons. The first-order valence-electron chi connectivity index (χ1n) is 6.28. The zero-order chi connectivity index (χ0) is 14.7. The van der Waals surface area contributed by atoms with E-state index >= 15 is 0 Å². The molecule has 2 aromatic rings. The minimum atomic E-state index is -0.427. The Hall–Kier alpha value is -2.56. The highest BCUT2D eigenvalue weighted by Crippen LogP contribution is 2.31. The van der Waals surface area contributed by atoms with Crippen molar-refractivity contribution >= 4 is 11.4 Å². The molecule has 2 rings (SSSR count). The van der Waals surface area contributed by atoms with Crippen LogP contribution in [0.3, 0.4) is 0 Å². The Bertz CT molecular complexity index is 641. The van der Waals surface area contributed by atoms with Crippen molar-refractivity contribution in [1.29, 1.82) is 0 Å². The SMILES string of the molecule is Cc1ccc(C(C)Nc2ccccc2[N+](=O)[O-])c(O)c1. The summed E-state index contributed by atoms with van der Waals surface area (Å²) in [5, 5.41) is 24.0. The fraction of sp³-hybridized carbons (Fsp3) is 0.200. The number of para-hydroxylation sites is 2. The molecule has 2 N–H and O–H groups in total. The number of rotatable bonds is 4. The van der Waals surface area contributed by atoms with Crippen LogP contribution in [0, 0.1) is 17.0 Å². The predicted octanol–water partition coefficient (Wildman–Crippen LogP) is 3.78. The van der Waals surface area contributed by atoms with Gasteiger partial charge in [-0.2, -0.15) is 0 Å². The van der Waals surface area contributed by atoms with Gasteiger partial charge in [0.05, 0.1) is 11.0 Å². The van der Waals surface area contributed by atoms with Gasteiger partial charge in [-0.05, 0) is 31.5 Å². The molecule has 0 amide bonds. The van der Waals surface area contributed by atoms with Gasteiger partial charge in [0.25, 0.3) is 5.69 Å². The number of nitrogens with zero attached hydrogens (tertiary/aromatic N) is 1. The Balaban J connectivity index is 2.28. The summed E-state index contributed by atoms with van der Waals surface area (Å²) in [6, 6.07) is 11.6. The number of aromatic hydroxyl groups is 1. The Morgan fingerprint density at radius 3 is 2.60 bits per heavy atom. The number of aryl methyl sites for hydroxylation is 1. The molecule has 0 bridgehead atoms. The molecule has 0 aromatic heterocycles. The van der Waals surface area contributed by atoms with Gasteiger partial charge in [-0.15, -0.1) is 0 Å². The van der Waals surface area contributed by atoms with E-state index in [0.29, 0.717) is 11.3 Å². The van der Waals surface area contributed by atoms with Gasteiger partial charge in [0.15, 0.2) is 0 Å². The summed E-state index contributed by atoms with van der Waals surface area (Å²) < 4.78 is 0. The lowest BCUT2D eigenvalue weighted by atomic mass is 10.0. The van der Waals surface area contributed by atoms with E-state index in [1.807, 2.05) is 26.0 Å². The maximum atomic E-state index is 11.0. The molecule has 5 nitrogen and oxygen atoms in total. The number of phenols is 1. The molecular weight excluding hydrogens is 256 g/mol. The molecular formula is C15H16N2O3. The van der Waals surface area contributed by atoms with E-state index < -0.39 is 4.92 Å². The minimum absolute atomic E-state index is 0.0194. The monoisotopic (exact) mass is 272 g/mol. The molecule has 0 saturated heterocycles. The summed E-state index contributed by atoms with van der Waals surface area (Å²) in [7, 11) is 0. The van der Waals surface area contributed by atoms with Gasteiger partial charge in [0, 0.05) is 11.6 Å². The Morgan fingerprint density at radius 1 is 1.25 bits per heavy atom. The van der Waals surface area contributed by atoms with Crippen LogP contribution in [0.5, 0.6) is 5.75 Å². The van der Waals surface area contributed by atoms with Gasteiger partial charge in [-0.25, -0.2) is 0 Å². The lowest BCUT2D eigenvalue weighted by molar-refractivity contribution is -0.384. The zero-order valence-corrected chi connectivity index (χ0v) is 11.3. The molecule has 0 aliphatic rings. The van der Waals surface area contributed by atoms with E-state index in [2.05, 4.69) is 5.32 Å². The largest absolute Gasteiger partial charge is 0.508 e. The molecule has 0 saturated carbocycles. The topological polar surface area (TPSA) is 75.4 Å². The first-order chi connectivity index (χ1) is 9.49. The van der Waals surface area contributed by atoms with Crippen molar-refractivity contribution in [3.63, 3.8) is 0 Å². The van der Waals surface area contributed by atoms with Crippen molar-refractivity contribution in [2.45, 2.75) is 19.9 Å². The van der Waals surface area contributed by atoms with E-state index in [1.54, 1.807) is 24.3 Å². The molecule has 1 unspecified atom stereocenters. The predicted molar refractivity (Wildman–Crippen MR) is 78.0 cm³/mol. The Kier molecular flexibility index (Phi) is 3.89. The van der Waals surface area contributed by atoms with Gasteiger partial charge < -0.3 is 10.4 Å². The number of hydrogen-bond acceptors (Lipinski definition) is 4. The van der Waals surface area contributed by atoms with Crippen LogP contribution in [0.4, 0.5) is 11.4 Å². The molecule has 0 fully saturated rings. The Morgan fingerprint density at radius 2 is 1.95 bits per heavy atom. The maximum Gasteiger partial charge on any atom is 0.292 e. The van der Waals surface area contributed by atoms with E-state index in [9.17, 15) is 15.2 Å². The summed E-state index contributed by atoms with van der Waals surface area (Å²) in [4.78, 5) is 10.5. The van der Waals surface area contributed by atoms with E-state index in [4.69, 9.17) is 0 Å². The fourth-order valence-electron chi connectivity index (χ4n) is 2.09. The summed E-state index contributed by atoms with van der Waals surface area (Å²) in [6.45, 7) is 3.74. The highest BCUT2D eigenvalue weighted by Gasteiger charge is 2.16. The Labute approximate surface area is 117 Å².